The second kappa shape index (κ2) is 15.1. The van der Waals surface area contributed by atoms with Crippen LogP contribution in [-0.2, 0) is 17.9 Å². The molecule has 0 radical (unpaired) electrons. The van der Waals surface area contributed by atoms with E-state index in [1.165, 1.54) is 19.4 Å². The van der Waals surface area contributed by atoms with Crippen molar-refractivity contribution >= 4 is 40.6 Å². The molecule has 2 aromatic carbocycles. The Bertz CT molecular complexity index is 1730. The first-order chi connectivity index (χ1) is 22.2. The number of halogens is 4. The third-order valence-electron chi connectivity index (χ3n) is 7.58. The van der Waals surface area contributed by atoms with Gasteiger partial charge in [-0.15, -0.1) is 0 Å². The van der Waals surface area contributed by atoms with Gasteiger partial charge in [-0.2, -0.15) is 0 Å². The average molecular weight is 672 g/mol. The minimum absolute atomic E-state index is 0.0104. The van der Waals surface area contributed by atoms with Crippen LogP contribution in [-0.4, -0.2) is 53.3 Å². The van der Waals surface area contributed by atoms with Crippen molar-refractivity contribution in [3.63, 3.8) is 0 Å². The van der Waals surface area contributed by atoms with Crippen LogP contribution in [0, 0.1) is 11.6 Å². The number of carbonyl (C=O) groups is 1. The minimum Gasteiger partial charge on any atom is -0.496 e. The van der Waals surface area contributed by atoms with Gasteiger partial charge in [0.25, 0.3) is 0 Å². The van der Waals surface area contributed by atoms with Crippen molar-refractivity contribution in [2.45, 2.75) is 45.0 Å². The topological polar surface area (TPSA) is 120 Å². The van der Waals surface area contributed by atoms with Gasteiger partial charge in [-0.05, 0) is 43.7 Å². The predicted octanol–water partition coefficient (Wildman–Crippen LogP) is 5.99. The third-order valence-corrected chi connectivity index (χ3v) is 8.37. The molecular formula is C33H34Cl2F2N6O3. The summed E-state index contributed by atoms with van der Waals surface area (Å²) in [4.78, 5) is 20.0. The van der Waals surface area contributed by atoms with Gasteiger partial charge in [-0.25, -0.2) is 13.8 Å². The van der Waals surface area contributed by atoms with E-state index in [2.05, 4.69) is 31.2 Å². The number of amides is 1. The van der Waals surface area contributed by atoms with E-state index in [1.807, 2.05) is 0 Å². The zero-order chi connectivity index (χ0) is 32.8. The first-order valence-electron chi connectivity index (χ1n) is 14.8. The standard InChI is InChI=1S/C33H34Cl2F2N6O3/c1-18(44)14-38-15-19-8-10-41-33(31(19)37)43-26-5-3-4-22(29(26)34)23-9-11-40-32(30(23)35)20-12-25(36)24(27(13-20)46-2)17-39-16-21-6-7-28(45)42-21/h3-5,8-13,18,21,38-39,44H,6-7,14-17H2,1-2H3,(H,41,43)(H,42,45). The van der Waals surface area contributed by atoms with Gasteiger partial charge < -0.3 is 31.1 Å². The maximum absolute atomic E-state index is 15.4. The van der Waals surface area contributed by atoms with E-state index in [0.29, 0.717) is 64.5 Å². The molecule has 1 aliphatic rings. The number of hydrogen-bond donors (Lipinski definition) is 5. The minimum atomic E-state index is -0.564. The van der Waals surface area contributed by atoms with Crippen LogP contribution in [0.5, 0.6) is 5.75 Å². The molecule has 4 aromatic rings. The molecule has 3 heterocycles. The normalized spacial score (nSPS) is 15.1. The van der Waals surface area contributed by atoms with Crippen LogP contribution in [0.25, 0.3) is 22.4 Å². The number of anilines is 2. The Hall–Kier alpha value is -3.87. The summed E-state index contributed by atoms with van der Waals surface area (Å²) in [6.45, 7) is 2.88. The maximum atomic E-state index is 15.4. The molecule has 242 valence electrons. The Morgan fingerprint density at radius 1 is 1.07 bits per heavy atom. The van der Waals surface area contributed by atoms with E-state index in [-0.39, 0.29) is 40.9 Å². The van der Waals surface area contributed by atoms with Crippen molar-refractivity contribution in [3.8, 4) is 28.1 Å². The number of rotatable bonds is 13. The molecule has 13 heteroatoms. The molecule has 0 spiro atoms. The zero-order valence-corrected chi connectivity index (χ0v) is 26.8. The molecule has 0 aliphatic carbocycles. The molecule has 46 heavy (non-hydrogen) atoms. The van der Waals surface area contributed by atoms with E-state index < -0.39 is 17.7 Å². The Kier molecular flexibility index (Phi) is 11.0. The number of nitrogens with one attached hydrogen (secondary N) is 4. The fourth-order valence-electron chi connectivity index (χ4n) is 5.24. The van der Waals surface area contributed by atoms with E-state index >= 15 is 8.78 Å². The van der Waals surface area contributed by atoms with Gasteiger partial charge >= 0.3 is 0 Å². The van der Waals surface area contributed by atoms with Crippen LogP contribution >= 0.6 is 23.2 Å². The van der Waals surface area contributed by atoms with Crippen LogP contribution in [0.4, 0.5) is 20.3 Å². The largest absolute Gasteiger partial charge is 0.496 e. The Labute approximate surface area is 275 Å². The molecule has 2 aromatic heterocycles. The first-order valence-corrected chi connectivity index (χ1v) is 15.5. The number of benzene rings is 2. The summed E-state index contributed by atoms with van der Waals surface area (Å²) in [5, 5.41) is 22.0. The van der Waals surface area contributed by atoms with Crippen molar-refractivity contribution in [1.29, 1.82) is 0 Å². The molecule has 5 rings (SSSR count). The van der Waals surface area contributed by atoms with Crippen LogP contribution in [0.15, 0.2) is 54.9 Å². The van der Waals surface area contributed by atoms with Crippen LogP contribution < -0.4 is 26.0 Å². The fraction of sp³-hybridized carbons (Fsp3) is 0.303. The summed E-state index contributed by atoms with van der Waals surface area (Å²) in [7, 11) is 1.46. The number of aliphatic hydroxyl groups excluding tert-OH is 1. The van der Waals surface area contributed by atoms with Gasteiger partial charge in [0.15, 0.2) is 11.6 Å². The summed E-state index contributed by atoms with van der Waals surface area (Å²) in [6, 6.07) is 11.5. The highest BCUT2D eigenvalue weighted by molar-refractivity contribution is 6.39. The fourth-order valence-corrected chi connectivity index (χ4v) is 5.84. The first kappa shape index (κ1) is 33.5. The van der Waals surface area contributed by atoms with Gasteiger partial charge in [-0.1, -0.05) is 35.3 Å². The van der Waals surface area contributed by atoms with Gasteiger partial charge in [-0.3, -0.25) is 9.78 Å². The van der Waals surface area contributed by atoms with E-state index in [4.69, 9.17) is 27.9 Å². The van der Waals surface area contributed by atoms with Crippen molar-refractivity contribution < 1.29 is 23.4 Å². The van der Waals surface area contributed by atoms with Crippen molar-refractivity contribution in [1.82, 2.24) is 25.9 Å². The number of ether oxygens (including phenoxy) is 1. The molecular weight excluding hydrogens is 637 g/mol. The molecule has 2 unspecified atom stereocenters. The SMILES string of the molecule is COc1cc(-c2nccc(-c3cccc(Nc4nccc(CNCC(C)O)c4F)c3Cl)c2Cl)cc(F)c1CNCC1CCC(=O)N1. The monoisotopic (exact) mass is 670 g/mol. The highest BCUT2D eigenvalue weighted by Crippen LogP contribution is 2.42. The van der Waals surface area contributed by atoms with Gasteiger partial charge in [0.1, 0.15) is 11.6 Å². The molecule has 1 aliphatic heterocycles. The van der Waals surface area contributed by atoms with Gasteiger partial charge in [0.2, 0.25) is 5.91 Å². The maximum Gasteiger partial charge on any atom is 0.220 e. The molecule has 1 saturated heterocycles. The van der Waals surface area contributed by atoms with Gasteiger partial charge in [0, 0.05) is 78.9 Å². The molecule has 9 nitrogen and oxygen atoms in total. The Morgan fingerprint density at radius 2 is 1.85 bits per heavy atom. The highest BCUT2D eigenvalue weighted by atomic mass is 35.5. The van der Waals surface area contributed by atoms with Crippen molar-refractivity contribution in [2.75, 3.05) is 25.5 Å². The number of nitrogens with zero attached hydrogens (tertiary/aromatic N) is 2. The van der Waals surface area contributed by atoms with Crippen LogP contribution in [0.3, 0.4) is 0 Å². The van der Waals surface area contributed by atoms with Crippen LogP contribution in [0.1, 0.15) is 30.9 Å². The summed E-state index contributed by atoms with van der Waals surface area (Å²) in [5.41, 5.74) is 2.93. The Balaban J connectivity index is 1.38. The lowest BCUT2D eigenvalue weighted by Gasteiger charge is -2.17. The number of methoxy groups -OCH3 is 1. The molecule has 5 N–H and O–H groups in total. The number of aliphatic hydroxyl groups is 1. The number of aromatic nitrogens is 2. The van der Waals surface area contributed by atoms with Gasteiger partial charge in [0.05, 0.1) is 34.6 Å². The Morgan fingerprint density at radius 3 is 2.59 bits per heavy atom. The average Bonchev–Trinajstić information content (AvgIpc) is 3.45. The van der Waals surface area contributed by atoms with Crippen molar-refractivity contribution in [3.05, 3.63) is 87.7 Å². The summed E-state index contributed by atoms with van der Waals surface area (Å²) < 4.78 is 36.2. The lowest BCUT2D eigenvalue weighted by Crippen LogP contribution is -2.35. The van der Waals surface area contributed by atoms with Crippen LogP contribution in [0.2, 0.25) is 10.0 Å². The second-order valence-corrected chi connectivity index (χ2v) is 11.8. The molecule has 0 saturated carbocycles. The predicted molar refractivity (Wildman–Crippen MR) is 175 cm³/mol. The summed E-state index contributed by atoms with van der Waals surface area (Å²) in [6.07, 6.45) is 3.70. The zero-order valence-electron chi connectivity index (χ0n) is 25.3. The summed E-state index contributed by atoms with van der Waals surface area (Å²) in [5.74, 6) is -0.718. The molecule has 0 bridgehead atoms. The van der Waals surface area contributed by atoms with E-state index in [9.17, 15) is 9.90 Å². The highest BCUT2D eigenvalue weighted by Gasteiger charge is 2.22. The number of hydrogen-bond acceptors (Lipinski definition) is 8. The quantitative estimate of drug-likeness (QED) is 0.118. The van der Waals surface area contributed by atoms with Crippen molar-refractivity contribution in [2.24, 2.45) is 0 Å². The number of carbonyl (C=O) groups excluding carboxylic acids is 1. The summed E-state index contributed by atoms with van der Waals surface area (Å²) >= 11 is 13.7. The lowest BCUT2D eigenvalue weighted by atomic mass is 10.0. The third kappa shape index (κ3) is 7.73. The van der Waals surface area contributed by atoms with E-state index in [0.717, 1.165) is 6.42 Å². The lowest BCUT2D eigenvalue weighted by molar-refractivity contribution is -0.119. The second-order valence-electron chi connectivity index (χ2n) is 11.0. The molecule has 2 atom stereocenters. The smallest absolute Gasteiger partial charge is 0.220 e. The molecule has 1 fully saturated rings. The molecule has 1 amide bonds. The number of pyridine rings is 2. The van der Waals surface area contributed by atoms with E-state index in [1.54, 1.807) is 49.5 Å².